The quantitative estimate of drug-likeness (QED) is 0.643. The van der Waals surface area contributed by atoms with Gasteiger partial charge in [0.1, 0.15) is 0 Å². The first-order chi connectivity index (χ1) is 8.25. The number of nitrogens with zero attached hydrogens (tertiary/aromatic N) is 1. The fourth-order valence-corrected chi connectivity index (χ4v) is 1.96. The molecule has 2 amide bonds. The Kier molecular flexibility index (Phi) is 6.67. The van der Waals surface area contributed by atoms with Gasteiger partial charge in [0.25, 0.3) is 0 Å². The molecule has 1 aliphatic rings. The van der Waals surface area contributed by atoms with Crippen LogP contribution in [0.25, 0.3) is 0 Å². The minimum absolute atomic E-state index is 0.0991. The van der Waals surface area contributed by atoms with Gasteiger partial charge in [-0.2, -0.15) is 0 Å². The Bertz CT molecular complexity index is 253. The molecule has 0 saturated carbocycles. The standard InChI is InChI=1S/C13H23NO3/c1-2-3-4-5-6-7-11-17-13(16)14-10-8-9-12(14)15/h2-11H2,1H3. The maximum Gasteiger partial charge on any atom is 0.416 e. The van der Waals surface area contributed by atoms with Crippen LogP contribution in [0.5, 0.6) is 0 Å². The molecule has 17 heavy (non-hydrogen) atoms. The third-order valence-corrected chi connectivity index (χ3v) is 3.02. The first-order valence-corrected chi connectivity index (χ1v) is 6.73. The molecule has 0 aromatic heterocycles. The monoisotopic (exact) mass is 241 g/mol. The van der Waals surface area contributed by atoms with Crippen LogP contribution in [0, 0.1) is 0 Å². The molecule has 1 rings (SSSR count). The van der Waals surface area contributed by atoms with E-state index in [9.17, 15) is 9.59 Å². The Hall–Kier alpha value is -1.06. The number of carbonyl (C=O) groups excluding carboxylic acids is 2. The molecule has 0 aromatic rings. The Labute approximate surface area is 103 Å². The number of amides is 2. The minimum atomic E-state index is -0.457. The Morgan fingerprint density at radius 1 is 1.24 bits per heavy atom. The highest BCUT2D eigenvalue weighted by atomic mass is 16.6. The fourth-order valence-electron chi connectivity index (χ4n) is 1.96. The minimum Gasteiger partial charge on any atom is -0.449 e. The van der Waals surface area contributed by atoms with Gasteiger partial charge >= 0.3 is 6.09 Å². The van der Waals surface area contributed by atoms with Crippen molar-refractivity contribution in [1.29, 1.82) is 0 Å². The molecule has 0 N–H and O–H groups in total. The third-order valence-electron chi connectivity index (χ3n) is 3.02. The predicted molar refractivity (Wildman–Crippen MR) is 65.7 cm³/mol. The topological polar surface area (TPSA) is 46.6 Å². The van der Waals surface area contributed by atoms with Crippen LogP contribution in [0.15, 0.2) is 0 Å². The lowest BCUT2D eigenvalue weighted by Gasteiger charge is -2.13. The Morgan fingerprint density at radius 2 is 1.94 bits per heavy atom. The second-order valence-corrected chi connectivity index (χ2v) is 4.53. The number of likely N-dealkylation sites (tertiary alicyclic amines) is 1. The molecule has 0 spiro atoms. The van der Waals surface area contributed by atoms with Crippen LogP contribution in [0.3, 0.4) is 0 Å². The molecule has 1 heterocycles. The summed E-state index contributed by atoms with van der Waals surface area (Å²) in [6.07, 6.45) is 7.77. The van der Waals surface area contributed by atoms with Crippen LogP contribution in [0.1, 0.15) is 58.3 Å². The largest absolute Gasteiger partial charge is 0.449 e. The molecule has 1 aliphatic heterocycles. The molecule has 0 radical (unpaired) electrons. The van der Waals surface area contributed by atoms with Crippen LogP contribution in [-0.2, 0) is 9.53 Å². The lowest BCUT2D eigenvalue weighted by molar-refractivity contribution is -0.126. The molecule has 0 atom stereocenters. The van der Waals surface area contributed by atoms with Crippen LogP contribution in [0.2, 0.25) is 0 Å². The van der Waals surface area contributed by atoms with E-state index in [2.05, 4.69) is 6.92 Å². The van der Waals surface area contributed by atoms with Gasteiger partial charge in [-0.3, -0.25) is 4.79 Å². The molecule has 4 nitrogen and oxygen atoms in total. The molecule has 1 fully saturated rings. The molecule has 98 valence electrons. The second-order valence-electron chi connectivity index (χ2n) is 4.53. The Morgan fingerprint density at radius 3 is 2.59 bits per heavy atom. The maximum atomic E-state index is 11.5. The van der Waals surface area contributed by atoms with Crippen molar-refractivity contribution in [3.63, 3.8) is 0 Å². The SMILES string of the molecule is CCCCCCCCOC(=O)N1CCCC1=O. The highest BCUT2D eigenvalue weighted by molar-refractivity contribution is 5.93. The molecule has 0 aliphatic carbocycles. The maximum absolute atomic E-state index is 11.5. The average Bonchev–Trinajstić information content (AvgIpc) is 2.74. The zero-order chi connectivity index (χ0) is 12.5. The van der Waals surface area contributed by atoms with Crippen molar-refractivity contribution in [2.24, 2.45) is 0 Å². The summed E-state index contributed by atoms with van der Waals surface area (Å²) in [5.74, 6) is -0.0991. The first-order valence-electron chi connectivity index (χ1n) is 6.73. The van der Waals surface area contributed by atoms with Crippen molar-refractivity contribution in [1.82, 2.24) is 4.90 Å². The van der Waals surface area contributed by atoms with Gasteiger partial charge < -0.3 is 4.74 Å². The molecule has 0 unspecified atom stereocenters. The Balaban J connectivity index is 1.99. The summed E-state index contributed by atoms with van der Waals surface area (Å²) in [6.45, 7) is 3.15. The van der Waals surface area contributed by atoms with Crippen molar-refractivity contribution in [3.05, 3.63) is 0 Å². The first kappa shape index (κ1) is 14.0. The van der Waals surface area contributed by atoms with Gasteiger partial charge in [-0.05, 0) is 12.8 Å². The molecular formula is C13H23NO3. The number of ether oxygens (including phenoxy) is 1. The van der Waals surface area contributed by atoms with Gasteiger partial charge in [0.05, 0.1) is 6.61 Å². The number of imide groups is 1. The summed E-state index contributed by atoms with van der Waals surface area (Å²) in [7, 11) is 0. The van der Waals surface area contributed by atoms with Crippen molar-refractivity contribution in [2.45, 2.75) is 58.3 Å². The van der Waals surface area contributed by atoms with Crippen molar-refractivity contribution >= 4 is 12.0 Å². The van der Waals surface area contributed by atoms with Crippen LogP contribution < -0.4 is 0 Å². The molecule has 1 saturated heterocycles. The van der Waals surface area contributed by atoms with E-state index in [1.165, 1.54) is 30.6 Å². The average molecular weight is 241 g/mol. The van der Waals surface area contributed by atoms with E-state index in [1.54, 1.807) is 0 Å². The van der Waals surface area contributed by atoms with Crippen LogP contribution in [0.4, 0.5) is 4.79 Å². The summed E-state index contributed by atoms with van der Waals surface area (Å²) in [5, 5.41) is 0. The zero-order valence-corrected chi connectivity index (χ0v) is 10.7. The van der Waals surface area contributed by atoms with Crippen LogP contribution >= 0.6 is 0 Å². The highest BCUT2D eigenvalue weighted by Crippen LogP contribution is 2.11. The third kappa shape index (κ3) is 5.20. The van der Waals surface area contributed by atoms with E-state index in [0.29, 0.717) is 19.6 Å². The van der Waals surface area contributed by atoms with Crippen molar-refractivity contribution < 1.29 is 14.3 Å². The zero-order valence-electron chi connectivity index (χ0n) is 10.7. The normalized spacial score (nSPS) is 15.4. The smallest absolute Gasteiger partial charge is 0.416 e. The van der Waals surface area contributed by atoms with Crippen molar-refractivity contribution in [3.8, 4) is 0 Å². The van der Waals surface area contributed by atoms with Gasteiger partial charge in [0.2, 0.25) is 5.91 Å². The summed E-state index contributed by atoms with van der Waals surface area (Å²) >= 11 is 0. The van der Waals surface area contributed by atoms with E-state index < -0.39 is 6.09 Å². The van der Waals surface area contributed by atoms with E-state index in [0.717, 1.165) is 19.3 Å². The van der Waals surface area contributed by atoms with Gasteiger partial charge in [0.15, 0.2) is 0 Å². The van der Waals surface area contributed by atoms with E-state index in [1.807, 2.05) is 0 Å². The predicted octanol–water partition coefficient (Wildman–Crippen LogP) is 3.11. The second kappa shape index (κ2) is 8.09. The molecule has 0 bridgehead atoms. The van der Waals surface area contributed by atoms with Crippen LogP contribution in [-0.4, -0.2) is 30.1 Å². The summed E-state index contributed by atoms with van der Waals surface area (Å²) in [4.78, 5) is 23.9. The number of rotatable bonds is 7. The van der Waals surface area contributed by atoms with Gasteiger partial charge in [0, 0.05) is 13.0 Å². The molecular weight excluding hydrogens is 218 g/mol. The van der Waals surface area contributed by atoms with Gasteiger partial charge in [-0.15, -0.1) is 0 Å². The van der Waals surface area contributed by atoms with E-state index in [4.69, 9.17) is 4.74 Å². The van der Waals surface area contributed by atoms with Gasteiger partial charge in [-0.1, -0.05) is 39.0 Å². The van der Waals surface area contributed by atoms with E-state index in [-0.39, 0.29) is 5.91 Å². The highest BCUT2D eigenvalue weighted by Gasteiger charge is 2.27. The van der Waals surface area contributed by atoms with E-state index >= 15 is 0 Å². The number of hydrogen-bond donors (Lipinski definition) is 0. The molecule has 0 aromatic carbocycles. The van der Waals surface area contributed by atoms with Crippen molar-refractivity contribution in [2.75, 3.05) is 13.2 Å². The number of unbranched alkanes of at least 4 members (excludes halogenated alkanes) is 5. The fraction of sp³-hybridized carbons (Fsp3) is 0.846. The molecule has 4 heteroatoms. The lowest BCUT2D eigenvalue weighted by atomic mass is 10.1. The summed E-state index contributed by atoms with van der Waals surface area (Å²) in [5.41, 5.74) is 0. The van der Waals surface area contributed by atoms with Gasteiger partial charge in [-0.25, -0.2) is 9.69 Å². The number of hydrogen-bond acceptors (Lipinski definition) is 3. The summed E-state index contributed by atoms with van der Waals surface area (Å²) < 4.78 is 5.07. The summed E-state index contributed by atoms with van der Waals surface area (Å²) in [6, 6.07) is 0. The lowest BCUT2D eigenvalue weighted by Crippen LogP contribution is -2.32. The number of carbonyl (C=O) groups is 2.